The van der Waals surface area contributed by atoms with Gasteiger partial charge in [0.25, 0.3) is 0 Å². The normalized spacial score (nSPS) is 9.93. The molecule has 0 aliphatic heterocycles. The molecule has 0 N–H and O–H groups in total. The Labute approximate surface area is 181 Å². The molecular weight excluding hydrogens is 372 g/mol. The zero-order valence-electron chi connectivity index (χ0n) is 18.2. The Bertz CT molecular complexity index is 764. The molecule has 2 heterocycles. The highest BCUT2D eigenvalue weighted by Crippen LogP contribution is 2.08. The summed E-state index contributed by atoms with van der Waals surface area (Å²) in [6.45, 7) is 6.64. The van der Waals surface area contributed by atoms with Gasteiger partial charge in [-0.25, -0.2) is 4.98 Å². The molecule has 2 aromatic rings. The SMILES string of the molecule is CCCCCCOc1ccc(C#CC#Cc2ccc(CCCOCCC)nc2)cn1. The monoisotopic (exact) mass is 404 g/mol. The second kappa shape index (κ2) is 15.1. The van der Waals surface area contributed by atoms with Gasteiger partial charge in [-0.2, -0.15) is 0 Å². The Hall–Kier alpha value is -2.82. The van der Waals surface area contributed by atoms with Crippen LogP contribution in [0.1, 0.15) is 69.2 Å². The highest BCUT2D eigenvalue weighted by Gasteiger charge is 1.97. The summed E-state index contributed by atoms with van der Waals surface area (Å²) >= 11 is 0. The van der Waals surface area contributed by atoms with Crippen molar-refractivity contribution in [3.63, 3.8) is 0 Å². The predicted octanol–water partition coefficient (Wildman–Crippen LogP) is 5.20. The van der Waals surface area contributed by atoms with Crippen LogP contribution in [-0.2, 0) is 11.2 Å². The van der Waals surface area contributed by atoms with Crippen molar-refractivity contribution in [1.82, 2.24) is 9.97 Å². The first-order valence-corrected chi connectivity index (χ1v) is 11.0. The van der Waals surface area contributed by atoms with E-state index in [9.17, 15) is 0 Å². The number of aromatic nitrogens is 2. The molecule has 4 nitrogen and oxygen atoms in total. The summed E-state index contributed by atoms with van der Waals surface area (Å²) in [6, 6.07) is 7.76. The van der Waals surface area contributed by atoms with Gasteiger partial charge in [-0.3, -0.25) is 4.98 Å². The fourth-order valence-electron chi connectivity index (χ4n) is 2.70. The van der Waals surface area contributed by atoms with Crippen LogP contribution in [0.5, 0.6) is 5.88 Å². The maximum Gasteiger partial charge on any atom is 0.213 e. The second-order valence-electron chi connectivity index (χ2n) is 7.05. The van der Waals surface area contributed by atoms with Gasteiger partial charge in [-0.05, 0) is 55.7 Å². The van der Waals surface area contributed by atoms with E-state index in [0.29, 0.717) is 12.5 Å². The lowest BCUT2D eigenvalue weighted by atomic mass is 10.2. The van der Waals surface area contributed by atoms with Crippen molar-refractivity contribution >= 4 is 0 Å². The molecule has 0 radical (unpaired) electrons. The minimum Gasteiger partial charge on any atom is -0.478 e. The quantitative estimate of drug-likeness (QED) is 0.360. The summed E-state index contributed by atoms with van der Waals surface area (Å²) in [5.41, 5.74) is 2.74. The van der Waals surface area contributed by atoms with Gasteiger partial charge < -0.3 is 9.47 Å². The van der Waals surface area contributed by atoms with E-state index in [-0.39, 0.29) is 0 Å². The van der Waals surface area contributed by atoms with Crippen LogP contribution in [-0.4, -0.2) is 29.8 Å². The maximum atomic E-state index is 5.64. The number of pyridine rings is 2. The fourth-order valence-corrected chi connectivity index (χ4v) is 2.70. The van der Waals surface area contributed by atoms with Crippen molar-refractivity contribution in [2.24, 2.45) is 0 Å². The van der Waals surface area contributed by atoms with Gasteiger partial charge in [-0.15, -0.1) is 0 Å². The lowest BCUT2D eigenvalue weighted by Crippen LogP contribution is -1.99. The van der Waals surface area contributed by atoms with Crippen LogP contribution in [0.25, 0.3) is 0 Å². The molecule has 0 aliphatic carbocycles. The molecule has 30 heavy (non-hydrogen) atoms. The molecule has 0 aliphatic rings. The van der Waals surface area contributed by atoms with E-state index < -0.39 is 0 Å². The lowest BCUT2D eigenvalue weighted by molar-refractivity contribution is 0.132. The van der Waals surface area contributed by atoms with Crippen molar-refractivity contribution in [1.29, 1.82) is 0 Å². The summed E-state index contributed by atoms with van der Waals surface area (Å²) in [7, 11) is 0. The lowest BCUT2D eigenvalue weighted by Gasteiger charge is -2.04. The molecule has 0 atom stereocenters. The van der Waals surface area contributed by atoms with Crippen LogP contribution in [0.15, 0.2) is 36.7 Å². The number of unbranched alkanes of at least 4 members (excludes halogenated alkanes) is 3. The molecule has 4 heteroatoms. The number of aryl methyl sites for hydroxylation is 1. The number of ether oxygens (including phenoxy) is 2. The molecule has 0 saturated heterocycles. The van der Waals surface area contributed by atoms with Gasteiger partial charge in [0, 0.05) is 48.5 Å². The van der Waals surface area contributed by atoms with Gasteiger partial charge in [0.2, 0.25) is 5.88 Å². The maximum absolute atomic E-state index is 5.64. The summed E-state index contributed by atoms with van der Waals surface area (Å²) in [5.74, 6) is 12.4. The molecule has 0 aromatic carbocycles. The molecule has 0 saturated carbocycles. The largest absolute Gasteiger partial charge is 0.478 e. The highest BCUT2D eigenvalue weighted by molar-refractivity contribution is 5.43. The van der Waals surface area contributed by atoms with Crippen LogP contribution in [0, 0.1) is 23.7 Å². The number of rotatable bonds is 12. The van der Waals surface area contributed by atoms with E-state index in [0.717, 1.165) is 55.7 Å². The van der Waals surface area contributed by atoms with Gasteiger partial charge in [0.15, 0.2) is 0 Å². The number of hydrogen-bond acceptors (Lipinski definition) is 4. The molecule has 0 amide bonds. The van der Waals surface area contributed by atoms with E-state index in [2.05, 4.69) is 47.5 Å². The number of nitrogens with zero attached hydrogens (tertiary/aromatic N) is 2. The van der Waals surface area contributed by atoms with Crippen molar-refractivity contribution in [2.75, 3.05) is 19.8 Å². The zero-order valence-corrected chi connectivity index (χ0v) is 18.2. The van der Waals surface area contributed by atoms with Crippen molar-refractivity contribution < 1.29 is 9.47 Å². The van der Waals surface area contributed by atoms with Crippen molar-refractivity contribution in [3.05, 3.63) is 53.5 Å². The molecule has 158 valence electrons. The van der Waals surface area contributed by atoms with Crippen molar-refractivity contribution in [2.45, 2.75) is 58.8 Å². The van der Waals surface area contributed by atoms with Gasteiger partial charge in [0.05, 0.1) is 6.61 Å². The topological polar surface area (TPSA) is 44.2 Å². The molecule has 0 bridgehead atoms. The first-order chi connectivity index (χ1) is 14.8. The molecule has 0 fully saturated rings. The molecular formula is C26H32N2O2. The molecule has 2 aromatic heterocycles. The van der Waals surface area contributed by atoms with Crippen LogP contribution in [0.4, 0.5) is 0 Å². The Balaban J connectivity index is 1.75. The van der Waals surface area contributed by atoms with E-state index in [1.807, 2.05) is 24.3 Å². The minimum atomic E-state index is 0.645. The molecule has 2 rings (SSSR count). The van der Waals surface area contributed by atoms with Gasteiger partial charge >= 0.3 is 0 Å². The standard InChI is InChI=1S/C26H32N2O2/c1-3-5-6-9-20-30-26-17-15-24(22-28-26)12-8-7-11-23-14-16-25(27-21-23)13-10-19-29-18-4-2/h14-17,21-22H,3-6,9-10,13,18-20H2,1-2H3. The van der Waals surface area contributed by atoms with E-state index in [1.54, 1.807) is 12.4 Å². The predicted molar refractivity (Wildman–Crippen MR) is 121 cm³/mol. The summed E-state index contributed by atoms with van der Waals surface area (Å²) < 4.78 is 11.1. The smallest absolute Gasteiger partial charge is 0.213 e. The summed E-state index contributed by atoms with van der Waals surface area (Å²) in [5, 5.41) is 0. The van der Waals surface area contributed by atoms with Crippen LogP contribution < -0.4 is 4.74 Å². The van der Waals surface area contributed by atoms with E-state index >= 15 is 0 Å². The Morgan fingerprint density at radius 3 is 2.13 bits per heavy atom. The Morgan fingerprint density at radius 1 is 0.733 bits per heavy atom. The van der Waals surface area contributed by atoms with Crippen LogP contribution in [0.2, 0.25) is 0 Å². The summed E-state index contributed by atoms with van der Waals surface area (Å²) in [4.78, 5) is 8.75. The molecule has 0 spiro atoms. The van der Waals surface area contributed by atoms with Crippen LogP contribution in [0.3, 0.4) is 0 Å². The third-order valence-electron chi connectivity index (χ3n) is 4.36. The molecule has 0 unspecified atom stereocenters. The van der Waals surface area contributed by atoms with Gasteiger partial charge in [0.1, 0.15) is 0 Å². The average molecular weight is 405 g/mol. The average Bonchev–Trinajstić information content (AvgIpc) is 2.78. The first-order valence-electron chi connectivity index (χ1n) is 11.0. The van der Waals surface area contributed by atoms with E-state index in [4.69, 9.17) is 9.47 Å². The first kappa shape index (κ1) is 23.5. The van der Waals surface area contributed by atoms with Crippen molar-refractivity contribution in [3.8, 4) is 29.6 Å². The van der Waals surface area contributed by atoms with E-state index in [1.165, 1.54) is 19.3 Å². The third kappa shape index (κ3) is 10.1. The minimum absolute atomic E-state index is 0.645. The third-order valence-corrected chi connectivity index (χ3v) is 4.36. The van der Waals surface area contributed by atoms with Crippen LogP contribution >= 0.6 is 0 Å². The highest BCUT2D eigenvalue weighted by atomic mass is 16.5. The Morgan fingerprint density at radius 2 is 1.50 bits per heavy atom. The number of hydrogen-bond donors (Lipinski definition) is 0. The zero-order chi connectivity index (χ0) is 21.3. The fraction of sp³-hybridized carbons (Fsp3) is 0.462. The Kier molecular flexibility index (Phi) is 11.8. The van der Waals surface area contributed by atoms with Gasteiger partial charge in [-0.1, -0.05) is 45.0 Å². The second-order valence-corrected chi connectivity index (χ2v) is 7.05. The summed E-state index contributed by atoms with van der Waals surface area (Å²) in [6.07, 6.45) is 11.2.